The molecule has 0 aromatic carbocycles. The largest absolute Gasteiger partial charge is 0.368 e. The maximum absolute atomic E-state index is 12.1. The lowest BCUT2D eigenvalue weighted by molar-refractivity contribution is -0.118. The van der Waals surface area contributed by atoms with E-state index in [-0.39, 0.29) is 5.91 Å². The SMILES string of the molecule is O=C(NCc1ccccn1)C1=CSC(C2CCNC2)N1. The minimum atomic E-state index is -0.0587. The third kappa shape index (κ3) is 3.13. The number of hydrogen-bond donors (Lipinski definition) is 3. The predicted molar refractivity (Wildman–Crippen MR) is 79.7 cm³/mol. The van der Waals surface area contributed by atoms with Crippen LogP contribution in [0, 0.1) is 5.92 Å². The first kappa shape index (κ1) is 13.5. The summed E-state index contributed by atoms with van der Waals surface area (Å²) in [7, 11) is 0. The fourth-order valence-electron chi connectivity index (χ4n) is 2.41. The highest BCUT2D eigenvalue weighted by Crippen LogP contribution is 2.29. The first-order chi connectivity index (χ1) is 9.83. The molecular weight excluding hydrogens is 272 g/mol. The van der Waals surface area contributed by atoms with Gasteiger partial charge >= 0.3 is 0 Å². The summed E-state index contributed by atoms with van der Waals surface area (Å²) in [5.74, 6) is 0.536. The van der Waals surface area contributed by atoms with E-state index in [2.05, 4.69) is 20.9 Å². The first-order valence-electron chi connectivity index (χ1n) is 6.84. The van der Waals surface area contributed by atoms with Crippen molar-refractivity contribution < 1.29 is 4.79 Å². The summed E-state index contributed by atoms with van der Waals surface area (Å²) in [4.78, 5) is 16.3. The summed E-state index contributed by atoms with van der Waals surface area (Å²) in [5.41, 5.74) is 1.53. The second-order valence-corrected chi connectivity index (χ2v) is 6.00. The Morgan fingerprint density at radius 3 is 3.20 bits per heavy atom. The van der Waals surface area contributed by atoms with Crippen molar-refractivity contribution in [2.24, 2.45) is 5.92 Å². The van der Waals surface area contributed by atoms with Gasteiger partial charge in [-0.3, -0.25) is 9.78 Å². The van der Waals surface area contributed by atoms with E-state index in [1.54, 1.807) is 18.0 Å². The number of nitrogens with zero attached hydrogens (tertiary/aromatic N) is 1. The Kier molecular flexibility index (Phi) is 4.22. The molecule has 2 atom stereocenters. The molecule has 3 rings (SSSR count). The zero-order chi connectivity index (χ0) is 13.8. The summed E-state index contributed by atoms with van der Waals surface area (Å²) in [6.45, 7) is 2.56. The van der Waals surface area contributed by atoms with Gasteiger partial charge in [0.2, 0.25) is 0 Å². The van der Waals surface area contributed by atoms with Crippen molar-refractivity contribution in [2.45, 2.75) is 18.3 Å². The van der Waals surface area contributed by atoms with Crippen LogP contribution in [0.5, 0.6) is 0 Å². The van der Waals surface area contributed by atoms with E-state index in [4.69, 9.17) is 0 Å². The number of amides is 1. The van der Waals surface area contributed by atoms with Crippen molar-refractivity contribution in [1.82, 2.24) is 20.9 Å². The molecule has 1 saturated heterocycles. The fourth-order valence-corrected chi connectivity index (χ4v) is 3.52. The second-order valence-electron chi connectivity index (χ2n) is 4.99. The van der Waals surface area contributed by atoms with E-state index in [1.165, 1.54) is 6.42 Å². The zero-order valence-corrected chi connectivity index (χ0v) is 12.0. The van der Waals surface area contributed by atoms with E-state index in [0.29, 0.717) is 23.5 Å². The van der Waals surface area contributed by atoms with E-state index < -0.39 is 0 Å². The van der Waals surface area contributed by atoms with Gasteiger partial charge in [0.15, 0.2) is 0 Å². The van der Waals surface area contributed by atoms with Crippen LogP contribution in [0.25, 0.3) is 0 Å². The number of nitrogens with one attached hydrogen (secondary N) is 3. The number of aromatic nitrogens is 1. The minimum Gasteiger partial charge on any atom is -0.368 e. The summed E-state index contributed by atoms with van der Waals surface area (Å²) in [5, 5.41) is 11.8. The van der Waals surface area contributed by atoms with Gasteiger partial charge in [-0.05, 0) is 25.1 Å². The Morgan fingerprint density at radius 2 is 2.45 bits per heavy atom. The standard InChI is InChI=1S/C14H18N4OS/c19-13(17-8-11-3-1-2-5-16-11)12-9-20-14(18-12)10-4-6-15-7-10/h1-3,5,9-10,14-15,18H,4,6-8H2,(H,17,19). The van der Waals surface area contributed by atoms with Crippen molar-refractivity contribution in [3.05, 3.63) is 41.2 Å². The van der Waals surface area contributed by atoms with Crippen molar-refractivity contribution in [1.29, 1.82) is 0 Å². The molecule has 0 saturated carbocycles. The molecule has 1 amide bonds. The lowest BCUT2D eigenvalue weighted by Gasteiger charge is -2.18. The van der Waals surface area contributed by atoms with Gasteiger partial charge in [-0.25, -0.2) is 0 Å². The topological polar surface area (TPSA) is 66.0 Å². The van der Waals surface area contributed by atoms with Crippen LogP contribution in [0.3, 0.4) is 0 Å². The highest BCUT2D eigenvalue weighted by atomic mass is 32.2. The monoisotopic (exact) mass is 290 g/mol. The van der Waals surface area contributed by atoms with Gasteiger partial charge in [0.05, 0.1) is 17.6 Å². The van der Waals surface area contributed by atoms with E-state index in [9.17, 15) is 4.79 Å². The van der Waals surface area contributed by atoms with Gasteiger partial charge in [-0.1, -0.05) is 6.07 Å². The Labute approximate surface area is 122 Å². The lowest BCUT2D eigenvalue weighted by Crippen LogP contribution is -2.36. The Bertz CT molecular complexity index is 499. The average Bonchev–Trinajstić information content (AvgIpc) is 3.16. The quantitative estimate of drug-likeness (QED) is 0.766. The van der Waals surface area contributed by atoms with Crippen LogP contribution in [-0.4, -0.2) is 29.4 Å². The molecule has 106 valence electrons. The van der Waals surface area contributed by atoms with Crippen LogP contribution in [0.1, 0.15) is 12.1 Å². The third-order valence-electron chi connectivity index (χ3n) is 3.56. The normalized spacial score (nSPS) is 25.1. The van der Waals surface area contributed by atoms with E-state index >= 15 is 0 Å². The van der Waals surface area contributed by atoms with Crippen LogP contribution in [-0.2, 0) is 11.3 Å². The van der Waals surface area contributed by atoms with Crippen molar-refractivity contribution in [3.8, 4) is 0 Å². The Hall–Kier alpha value is -1.53. The molecule has 0 aliphatic carbocycles. The van der Waals surface area contributed by atoms with Crippen LogP contribution in [0.2, 0.25) is 0 Å². The molecule has 0 bridgehead atoms. The molecule has 2 unspecified atom stereocenters. The number of thioether (sulfide) groups is 1. The molecule has 0 radical (unpaired) electrons. The summed E-state index contributed by atoms with van der Waals surface area (Å²) < 4.78 is 0. The number of hydrogen-bond acceptors (Lipinski definition) is 5. The summed E-state index contributed by atoms with van der Waals surface area (Å²) >= 11 is 1.71. The first-order valence-corrected chi connectivity index (χ1v) is 7.78. The molecule has 1 aromatic heterocycles. The molecule has 2 aliphatic rings. The smallest absolute Gasteiger partial charge is 0.268 e. The van der Waals surface area contributed by atoms with Crippen LogP contribution in [0.15, 0.2) is 35.5 Å². The molecule has 20 heavy (non-hydrogen) atoms. The van der Waals surface area contributed by atoms with Crippen LogP contribution in [0.4, 0.5) is 0 Å². The van der Waals surface area contributed by atoms with Crippen LogP contribution < -0.4 is 16.0 Å². The molecule has 2 aliphatic heterocycles. The highest BCUT2D eigenvalue weighted by Gasteiger charge is 2.30. The summed E-state index contributed by atoms with van der Waals surface area (Å²) in [6.07, 6.45) is 2.90. The fraction of sp³-hybridized carbons (Fsp3) is 0.429. The molecular formula is C14H18N4OS. The number of pyridine rings is 1. The molecule has 0 spiro atoms. The molecule has 5 nitrogen and oxygen atoms in total. The van der Waals surface area contributed by atoms with Gasteiger partial charge in [-0.15, -0.1) is 11.8 Å². The molecule has 1 fully saturated rings. The summed E-state index contributed by atoms with van der Waals surface area (Å²) in [6, 6.07) is 5.68. The van der Waals surface area contributed by atoms with Gasteiger partial charge < -0.3 is 16.0 Å². The van der Waals surface area contributed by atoms with E-state index in [0.717, 1.165) is 18.8 Å². The van der Waals surface area contributed by atoms with E-state index in [1.807, 2.05) is 23.6 Å². The van der Waals surface area contributed by atoms with Gasteiger partial charge in [0.25, 0.3) is 5.91 Å². The van der Waals surface area contributed by atoms with Crippen LogP contribution >= 0.6 is 11.8 Å². The van der Waals surface area contributed by atoms with Gasteiger partial charge in [0.1, 0.15) is 5.70 Å². The maximum atomic E-state index is 12.1. The highest BCUT2D eigenvalue weighted by molar-refractivity contribution is 8.03. The molecule has 1 aromatic rings. The number of carbonyl (C=O) groups excluding carboxylic acids is 1. The van der Waals surface area contributed by atoms with Crippen molar-refractivity contribution in [2.75, 3.05) is 13.1 Å². The van der Waals surface area contributed by atoms with Gasteiger partial charge in [-0.2, -0.15) is 0 Å². The average molecular weight is 290 g/mol. The molecule has 6 heteroatoms. The second kappa shape index (κ2) is 6.28. The Morgan fingerprint density at radius 1 is 1.50 bits per heavy atom. The lowest BCUT2D eigenvalue weighted by atomic mass is 10.1. The number of carbonyl (C=O) groups is 1. The maximum Gasteiger partial charge on any atom is 0.268 e. The molecule has 3 heterocycles. The minimum absolute atomic E-state index is 0.0587. The molecule has 3 N–H and O–H groups in total. The number of rotatable bonds is 4. The van der Waals surface area contributed by atoms with Gasteiger partial charge in [0, 0.05) is 24.1 Å². The zero-order valence-electron chi connectivity index (χ0n) is 11.1. The predicted octanol–water partition coefficient (Wildman–Crippen LogP) is 0.811. The third-order valence-corrected chi connectivity index (χ3v) is 4.73. The Balaban J connectivity index is 1.48. The van der Waals surface area contributed by atoms with Crippen molar-refractivity contribution >= 4 is 17.7 Å². The van der Waals surface area contributed by atoms with Crippen molar-refractivity contribution in [3.63, 3.8) is 0 Å².